The topological polar surface area (TPSA) is 55.1 Å². The lowest BCUT2D eigenvalue weighted by Gasteiger charge is -2.15. The average Bonchev–Trinajstić information content (AvgIpc) is 2.61. The number of nitrogen functional groups attached to an aromatic ring is 1. The number of alkyl halides is 3. The lowest BCUT2D eigenvalue weighted by atomic mass is 9.93. The van der Waals surface area contributed by atoms with Crippen LogP contribution in [0, 0.1) is 0 Å². The Bertz CT molecular complexity index is 868. The number of hydrogen-bond donors (Lipinski definition) is 2. The standard InChI is InChI=1S/C21H21F3N2O/c1-13(11-14(2)21(22,23)24)20(27)26-19-6-4-5-17(12-19)15(3)16-7-9-18(25)10-8-16/h4-12,15H,2,25H2,1,3H3,(H,26,27)/b13-11+. The van der Waals surface area contributed by atoms with Crippen LogP contribution < -0.4 is 11.1 Å². The molecule has 1 unspecified atom stereocenters. The van der Waals surface area contributed by atoms with E-state index >= 15 is 0 Å². The van der Waals surface area contributed by atoms with Crippen LogP contribution in [0.5, 0.6) is 0 Å². The highest BCUT2D eigenvalue weighted by atomic mass is 19.4. The molecule has 2 aromatic rings. The van der Waals surface area contributed by atoms with Crippen LogP contribution in [0.15, 0.2) is 72.3 Å². The van der Waals surface area contributed by atoms with Crippen LogP contribution in [0.25, 0.3) is 0 Å². The molecule has 0 radical (unpaired) electrons. The van der Waals surface area contributed by atoms with Crippen LogP contribution in [0.1, 0.15) is 30.9 Å². The van der Waals surface area contributed by atoms with Crippen molar-refractivity contribution in [3.8, 4) is 0 Å². The second-order valence-corrected chi connectivity index (χ2v) is 6.32. The van der Waals surface area contributed by atoms with Gasteiger partial charge in [-0.25, -0.2) is 0 Å². The quantitative estimate of drug-likeness (QED) is 0.417. The first kappa shape index (κ1) is 20.3. The summed E-state index contributed by atoms with van der Waals surface area (Å²) in [7, 11) is 0. The molecule has 0 bridgehead atoms. The maximum Gasteiger partial charge on any atom is 0.415 e. The highest BCUT2D eigenvalue weighted by molar-refractivity contribution is 6.03. The van der Waals surface area contributed by atoms with Gasteiger partial charge in [0.1, 0.15) is 0 Å². The van der Waals surface area contributed by atoms with Gasteiger partial charge in [-0.05, 0) is 48.4 Å². The van der Waals surface area contributed by atoms with E-state index in [2.05, 4.69) is 11.9 Å². The molecule has 0 saturated carbocycles. The van der Waals surface area contributed by atoms with E-state index in [0.29, 0.717) is 11.4 Å². The van der Waals surface area contributed by atoms with Crippen molar-refractivity contribution in [3.63, 3.8) is 0 Å². The van der Waals surface area contributed by atoms with Crippen molar-refractivity contribution < 1.29 is 18.0 Å². The second kappa shape index (κ2) is 8.12. The number of carbonyl (C=O) groups is 1. The zero-order chi connectivity index (χ0) is 20.2. The Labute approximate surface area is 156 Å². The third-order valence-electron chi connectivity index (χ3n) is 4.19. The van der Waals surface area contributed by atoms with E-state index in [9.17, 15) is 18.0 Å². The summed E-state index contributed by atoms with van der Waals surface area (Å²) in [5.41, 5.74) is 7.76. The second-order valence-electron chi connectivity index (χ2n) is 6.32. The number of halogens is 3. The van der Waals surface area contributed by atoms with E-state index < -0.39 is 17.7 Å². The fourth-order valence-electron chi connectivity index (χ4n) is 2.50. The van der Waals surface area contributed by atoms with Gasteiger partial charge in [0.15, 0.2) is 0 Å². The molecule has 27 heavy (non-hydrogen) atoms. The van der Waals surface area contributed by atoms with Gasteiger partial charge in [0, 0.05) is 28.4 Å². The molecule has 2 rings (SSSR count). The molecule has 0 spiro atoms. The molecule has 1 amide bonds. The van der Waals surface area contributed by atoms with Gasteiger partial charge in [0.2, 0.25) is 0 Å². The SMILES string of the molecule is C=C(/C=C(\C)C(=O)Nc1cccc(C(C)c2ccc(N)cc2)c1)C(F)(F)F. The first-order valence-electron chi connectivity index (χ1n) is 8.29. The molecular weight excluding hydrogens is 353 g/mol. The lowest BCUT2D eigenvalue weighted by molar-refractivity contribution is -0.112. The van der Waals surface area contributed by atoms with Crippen LogP contribution in [0.2, 0.25) is 0 Å². The predicted octanol–water partition coefficient (Wildman–Crippen LogP) is 5.42. The average molecular weight is 374 g/mol. The maximum atomic E-state index is 12.5. The number of rotatable bonds is 5. The number of allylic oxidation sites excluding steroid dienone is 2. The normalized spacial score (nSPS) is 13.1. The van der Waals surface area contributed by atoms with Gasteiger partial charge in [0.25, 0.3) is 5.91 Å². The number of benzene rings is 2. The zero-order valence-corrected chi connectivity index (χ0v) is 15.1. The van der Waals surface area contributed by atoms with Gasteiger partial charge < -0.3 is 11.1 Å². The summed E-state index contributed by atoms with van der Waals surface area (Å²) >= 11 is 0. The molecule has 6 heteroatoms. The molecule has 142 valence electrons. The Hall–Kier alpha value is -3.02. The number of carbonyl (C=O) groups excluding carboxylic acids is 1. The Morgan fingerprint density at radius 1 is 1.15 bits per heavy atom. The molecule has 0 aliphatic rings. The first-order valence-corrected chi connectivity index (χ1v) is 8.29. The monoisotopic (exact) mass is 374 g/mol. The van der Waals surface area contributed by atoms with Crippen LogP contribution in [-0.2, 0) is 4.79 Å². The summed E-state index contributed by atoms with van der Waals surface area (Å²) in [4.78, 5) is 12.2. The van der Waals surface area contributed by atoms with Gasteiger partial charge in [-0.15, -0.1) is 0 Å². The number of nitrogens with two attached hydrogens (primary N) is 1. The molecule has 0 heterocycles. The summed E-state index contributed by atoms with van der Waals surface area (Å²) in [5.74, 6) is -0.554. The van der Waals surface area contributed by atoms with Gasteiger partial charge in [-0.3, -0.25) is 4.79 Å². The van der Waals surface area contributed by atoms with E-state index in [1.807, 2.05) is 37.3 Å². The van der Waals surface area contributed by atoms with Crippen LogP contribution >= 0.6 is 0 Å². The smallest absolute Gasteiger partial charge is 0.399 e. The molecule has 3 N–H and O–H groups in total. The fourth-order valence-corrected chi connectivity index (χ4v) is 2.50. The van der Waals surface area contributed by atoms with Crippen LogP contribution in [0.3, 0.4) is 0 Å². The summed E-state index contributed by atoms with van der Waals surface area (Å²) in [6.45, 7) is 6.27. The number of amides is 1. The minimum Gasteiger partial charge on any atom is -0.399 e. The molecule has 0 aliphatic heterocycles. The van der Waals surface area contributed by atoms with Crippen LogP contribution in [0.4, 0.5) is 24.5 Å². The van der Waals surface area contributed by atoms with Crippen molar-refractivity contribution in [3.05, 3.63) is 83.5 Å². The van der Waals surface area contributed by atoms with E-state index in [0.717, 1.165) is 17.2 Å². The van der Waals surface area contributed by atoms with Crippen molar-refractivity contribution in [1.29, 1.82) is 0 Å². The third kappa shape index (κ3) is 5.48. The molecule has 0 aliphatic carbocycles. The van der Waals surface area contributed by atoms with Crippen molar-refractivity contribution >= 4 is 17.3 Å². The minimum absolute atomic E-state index is 0.0594. The highest BCUT2D eigenvalue weighted by Gasteiger charge is 2.30. The van der Waals surface area contributed by atoms with Gasteiger partial charge in [-0.2, -0.15) is 13.2 Å². The summed E-state index contributed by atoms with van der Waals surface area (Å²) in [6.07, 6.45) is -3.83. The minimum atomic E-state index is -4.56. The molecule has 1 atom stereocenters. The molecular formula is C21H21F3N2O. The highest BCUT2D eigenvalue weighted by Crippen LogP contribution is 2.28. The van der Waals surface area contributed by atoms with Gasteiger partial charge in [-0.1, -0.05) is 37.8 Å². The first-order chi connectivity index (χ1) is 12.6. The van der Waals surface area contributed by atoms with Gasteiger partial charge >= 0.3 is 6.18 Å². The predicted molar refractivity (Wildman–Crippen MR) is 102 cm³/mol. The summed E-state index contributed by atoms with van der Waals surface area (Å²) < 4.78 is 37.6. The van der Waals surface area contributed by atoms with Crippen molar-refractivity contribution in [2.45, 2.75) is 25.9 Å². The van der Waals surface area contributed by atoms with E-state index in [1.54, 1.807) is 18.2 Å². The van der Waals surface area contributed by atoms with E-state index in [4.69, 9.17) is 5.73 Å². The van der Waals surface area contributed by atoms with Crippen LogP contribution in [-0.4, -0.2) is 12.1 Å². The summed E-state index contributed by atoms with van der Waals surface area (Å²) in [5, 5.41) is 2.62. The third-order valence-corrected chi connectivity index (χ3v) is 4.19. The van der Waals surface area contributed by atoms with E-state index in [-0.39, 0.29) is 11.5 Å². The zero-order valence-electron chi connectivity index (χ0n) is 15.1. The Morgan fingerprint density at radius 2 is 1.78 bits per heavy atom. The number of nitrogens with one attached hydrogen (secondary N) is 1. The fraction of sp³-hybridized carbons (Fsp3) is 0.190. The number of anilines is 2. The van der Waals surface area contributed by atoms with Crippen molar-refractivity contribution in [2.24, 2.45) is 0 Å². The molecule has 2 aromatic carbocycles. The molecule has 3 nitrogen and oxygen atoms in total. The van der Waals surface area contributed by atoms with Crippen molar-refractivity contribution in [1.82, 2.24) is 0 Å². The molecule has 0 saturated heterocycles. The summed E-state index contributed by atoms with van der Waals surface area (Å²) in [6, 6.07) is 14.7. The number of hydrogen-bond acceptors (Lipinski definition) is 2. The lowest BCUT2D eigenvalue weighted by Crippen LogP contribution is -2.15. The maximum absolute atomic E-state index is 12.5. The van der Waals surface area contributed by atoms with Gasteiger partial charge in [0.05, 0.1) is 0 Å². The largest absolute Gasteiger partial charge is 0.415 e. The van der Waals surface area contributed by atoms with E-state index in [1.165, 1.54) is 6.92 Å². The van der Waals surface area contributed by atoms with Crippen molar-refractivity contribution in [2.75, 3.05) is 11.1 Å². The Kier molecular flexibility index (Phi) is 6.10. The Morgan fingerprint density at radius 3 is 2.37 bits per heavy atom. The molecule has 0 aromatic heterocycles. The Balaban J connectivity index is 2.15. The molecule has 0 fully saturated rings.